The Hall–Kier alpha value is -3.71. The number of benzene rings is 3. The summed E-state index contributed by atoms with van der Waals surface area (Å²) in [5.74, 6) is 1.04. The summed E-state index contributed by atoms with van der Waals surface area (Å²) < 4.78 is 15.7. The number of imidazole rings is 1. The van der Waals surface area contributed by atoms with Crippen molar-refractivity contribution >= 4 is 22.9 Å². The zero-order valence-electron chi connectivity index (χ0n) is 21.7. The summed E-state index contributed by atoms with van der Waals surface area (Å²) in [6, 6.07) is 25.3. The van der Waals surface area contributed by atoms with Gasteiger partial charge < -0.3 is 14.4 Å². The van der Waals surface area contributed by atoms with E-state index in [0.717, 1.165) is 74.5 Å². The third kappa shape index (κ3) is 5.29. The van der Waals surface area contributed by atoms with Gasteiger partial charge in [-0.3, -0.25) is 9.69 Å². The highest BCUT2D eigenvalue weighted by molar-refractivity contribution is 5.80. The average Bonchev–Trinajstić information content (AvgIpc) is 3.33. The fourth-order valence-corrected chi connectivity index (χ4v) is 5.84. The quantitative estimate of drug-likeness (QED) is 0.360. The Morgan fingerprint density at radius 2 is 1.53 bits per heavy atom. The van der Waals surface area contributed by atoms with Crippen molar-refractivity contribution in [2.75, 3.05) is 37.7 Å². The lowest BCUT2D eigenvalue weighted by molar-refractivity contribution is -0.140. The number of para-hydroxylation sites is 2. The van der Waals surface area contributed by atoms with E-state index in [1.807, 2.05) is 36.4 Å². The maximum atomic E-state index is 13.5. The maximum absolute atomic E-state index is 13.5. The van der Waals surface area contributed by atoms with Gasteiger partial charge in [0.25, 0.3) is 0 Å². The monoisotopic (exact) mass is 511 g/mol. The number of anilines is 1. The van der Waals surface area contributed by atoms with E-state index in [0.29, 0.717) is 19.1 Å². The molecule has 1 amide bonds. The number of nitrogens with zero attached hydrogens (tertiary/aromatic N) is 5. The van der Waals surface area contributed by atoms with Crippen LogP contribution in [0.4, 0.5) is 10.3 Å². The second-order valence-corrected chi connectivity index (χ2v) is 10.5. The number of fused-ring (bicyclic) bond motifs is 1. The van der Waals surface area contributed by atoms with Crippen LogP contribution in [0.2, 0.25) is 0 Å². The molecule has 2 aliphatic heterocycles. The van der Waals surface area contributed by atoms with Crippen molar-refractivity contribution in [1.29, 1.82) is 0 Å². The van der Waals surface area contributed by atoms with E-state index >= 15 is 0 Å². The minimum absolute atomic E-state index is 0.0536. The third-order valence-corrected chi connectivity index (χ3v) is 7.85. The van der Waals surface area contributed by atoms with Gasteiger partial charge in [0.05, 0.1) is 24.2 Å². The molecule has 0 N–H and O–H groups in total. The molecule has 4 aromatic rings. The van der Waals surface area contributed by atoms with Gasteiger partial charge in [-0.15, -0.1) is 0 Å². The van der Waals surface area contributed by atoms with Crippen molar-refractivity contribution in [2.24, 2.45) is 5.92 Å². The number of rotatable bonds is 6. The Bertz CT molecular complexity index is 1380. The Balaban J connectivity index is 1.12. The van der Waals surface area contributed by atoms with Crippen LogP contribution in [-0.4, -0.2) is 58.1 Å². The summed E-state index contributed by atoms with van der Waals surface area (Å²) in [5.41, 5.74) is 4.34. The lowest BCUT2D eigenvalue weighted by Gasteiger charge is -2.39. The molecule has 0 aliphatic carbocycles. The van der Waals surface area contributed by atoms with E-state index in [9.17, 15) is 9.18 Å². The lowest BCUT2D eigenvalue weighted by Crippen LogP contribution is -2.50. The molecule has 7 heteroatoms. The summed E-state index contributed by atoms with van der Waals surface area (Å²) in [6.07, 6.45) is 2.67. The lowest BCUT2D eigenvalue weighted by atomic mass is 9.95. The molecule has 6 rings (SSSR count). The van der Waals surface area contributed by atoms with Crippen LogP contribution in [0.3, 0.4) is 0 Å². The first-order valence-electron chi connectivity index (χ1n) is 13.6. The molecule has 2 aliphatic rings. The molecule has 2 saturated heterocycles. The molecule has 2 fully saturated rings. The average molecular weight is 512 g/mol. The van der Waals surface area contributed by atoms with E-state index in [-0.39, 0.29) is 11.7 Å². The van der Waals surface area contributed by atoms with Crippen molar-refractivity contribution < 1.29 is 9.18 Å². The van der Waals surface area contributed by atoms with Gasteiger partial charge in [0.1, 0.15) is 5.82 Å². The van der Waals surface area contributed by atoms with Crippen molar-refractivity contribution in [1.82, 2.24) is 19.4 Å². The minimum Gasteiger partial charge on any atom is -0.342 e. The fraction of sp³-hybridized carbons (Fsp3) is 0.355. The van der Waals surface area contributed by atoms with Gasteiger partial charge in [-0.1, -0.05) is 54.6 Å². The number of hydrogen-bond donors (Lipinski definition) is 0. The van der Waals surface area contributed by atoms with Crippen LogP contribution in [0, 0.1) is 11.7 Å². The number of carbonyl (C=O) groups is 1. The highest BCUT2D eigenvalue weighted by atomic mass is 19.1. The van der Waals surface area contributed by atoms with Crippen LogP contribution >= 0.6 is 0 Å². The zero-order chi connectivity index (χ0) is 25.9. The van der Waals surface area contributed by atoms with Crippen molar-refractivity contribution in [3.8, 4) is 0 Å². The number of aromatic nitrogens is 2. The molecule has 3 aromatic carbocycles. The second kappa shape index (κ2) is 11.0. The Morgan fingerprint density at radius 3 is 2.32 bits per heavy atom. The zero-order valence-corrected chi connectivity index (χ0v) is 21.7. The summed E-state index contributed by atoms with van der Waals surface area (Å²) in [7, 11) is 0. The van der Waals surface area contributed by atoms with Gasteiger partial charge >= 0.3 is 0 Å². The number of hydrogen-bond acceptors (Lipinski definition) is 4. The molecular formula is C31H34FN5O. The van der Waals surface area contributed by atoms with Gasteiger partial charge in [-0.05, 0) is 54.7 Å². The highest BCUT2D eigenvalue weighted by Gasteiger charge is 2.32. The first kappa shape index (κ1) is 24.6. The van der Waals surface area contributed by atoms with Crippen LogP contribution < -0.4 is 4.90 Å². The molecule has 0 radical (unpaired) electrons. The number of carbonyl (C=O) groups excluding carboxylic acids is 1. The smallest absolute Gasteiger partial charge is 0.226 e. The van der Waals surface area contributed by atoms with Crippen LogP contribution in [-0.2, 0) is 17.9 Å². The predicted molar refractivity (Wildman–Crippen MR) is 148 cm³/mol. The van der Waals surface area contributed by atoms with E-state index in [1.165, 1.54) is 17.7 Å². The summed E-state index contributed by atoms with van der Waals surface area (Å²) >= 11 is 0. The van der Waals surface area contributed by atoms with Gasteiger partial charge in [0.15, 0.2) is 0 Å². The number of halogens is 1. The number of amides is 1. The number of piperidine rings is 1. The van der Waals surface area contributed by atoms with Gasteiger partial charge in [-0.2, -0.15) is 0 Å². The first-order valence-corrected chi connectivity index (χ1v) is 13.6. The normalized spacial score (nSPS) is 17.3. The van der Waals surface area contributed by atoms with Crippen LogP contribution in [0.15, 0.2) is 78.9 Å². The van der Waals surface area contributed by atoms with Gasteiger partial charge in [-0.25, -0.2) is 9.37 Å². The molecule has 0 spiro atoms. The van der Waals surface area contributed by atoms with Gasteiger partial charge in [0, 0.05) is 38.6 Å². The van der Waals surface area contributed by atoms with Crippen molar-refractivity contribution in [2.45, 2.75) is 32.4 Å². The second-order valence-electron chi connectivity index (χ2n) is 10.5. The Labute approximate surface area is 223 Å². The van der Waals surface area contributed by atoms with E-state index in [1.54, 1.807) is 0 Å². The van der Waals surface area contributed by atoms with Crippen LogP contribution in [0.1, 0.15) is 30.4 Å². The molecule has 0 saturated carbocycles. The molecule has 0 atom stereocenters. The predicted octanol–water partition coefficient (Wildman–Crippen LogP) is 5.13. The van der Waals surface area contributed by atoms with Gasteiger partial charge in [0.2, 0.25) is 11.9 Å². The van der Waals surface area contributed by atoms with Crippen LogP contribution in [0.25, 0.3) is 11.0 Å². The summed E-state index contributed by atoms with van der Waals surface area (Å²) in [5, 5.41) is 0. The summed E-state index contributed by atoms with van der Waals surface area (Å²) in [6.45, 7) is 5.68. The van der Waals surface area contributed by atoms with E-state index in [4.69, 9.17) is 4.98 Å². The van der Waals surface area contributed by atoms with Crippen LogP contribution in [0.5, 0.6) is 0 Å². The SMILES string of the molecule is O=C(C1CCN(c2nc3ccccc3n2Cc2ccc(F)cc2)CC1)N1CCCN(Cc2ccccc2)C1. The molecule has 1 aromatic heterocycles. The molecule has 196 valence electrons. The third-order valence-electron chi connectivity index (χ3n) is 7.85. The first-order chi connectivity index (χ1) is 18.6. The standard InChI is InChI=1S/C31H34FN5O/c32-27-13-11-25(12-14-27)22-37-29-10-5-4-9-28(29)33-31(37)35-19-15-26(16-20-35)30(38)36-18-6-17-34(23-36)21-24-7-2-1-3-8-24/h1-5,7-14,26H,6,15-23H2. The molecular weight excluding hydrogens is 477 g/mol. The Kier molecular flexibility index (Phi) is 7.10. The minimum atomic E-state index is -0.229. The highest BCUT2D eigenvalue weighted by Crippen LogP contribution is 2.29. The molecule has 38 heavy (non-hydrogen) atoms. The van der Waals surface area contributed by atoms with E-state index in [2.05, 4.69) is 49.6 Å². The molecule has 0 unspecified atom stereocenters. The fourth-order valence-electron chi connectivity index (χ4n) is 5.84. The van der Waals surface area contributed by atoms with Crippen molar-refractivity contribution in [3.63, 3.8) is 0 Å². The maximum Gasteiger partial charge on any atom is 0.226 e. The Morgan fingerprint density at radius 1 is 0.816 bits per heavy atom. The molecule has 6 nitrogen and oxygen atoms in total. The van der Waals surface area contributed by atoms with Crippen molar-refractivity contribution in [3.05, 3.63) is 95.8 Å². The molecule has 0 bridgehead atoms. The molecule has 3 heterocycles. The largest absolute Gasteiger partial charge is 0.342 e. The van der Waals surface area contributed by atoms with E-state index < -0.39 is 0 Å². The topological polar surface area (TPSA) is 44.6 Å². The summed E-state index contributed by atoms with van der Waals surface area (Å²) in [4.78, 5) is 25.2.